The molecule has 21 heavy (non-hydrogen) atoms. The van der Waals surface area contributed by atoms with Crippen LogP contribution in [-0.4, -0.2) is 41.6 Å². The molecule has 2 rings (SSSR count). The van der Waals surface area contributed by atoms with Gasteiger partial charge in [-0.05, 0) is 44.0 Å². The Morgan fingerprint density at radius 3 is 2.48 bits per heavy atom. The van der Waals surface area contributed by atoms with Gasteiger partial charge in [0.2, 0.25) is 0 Å². The van der Waals surface area contributed by atoms with Crippen LogP contribution in [0.3, 0.4) is 0 Å². The van der Waals surface area contributed by atoms with E-state index in [4.69, 9.17) is 5.11 Å². The molecule has 6 heteroatoms. The Bertz CT molecular complexity index is 532. The van der Waals surface area contributed by atoms with E-state index in [1.54, 1.807) is 11.9 Å². The van der Waals surface area contributed by atoms with Gasteiger partial charge in [-0.2, -0.15) is 0 Å². The fourth-order valence-corrected chi connectivity index (χ4v) is 2.54. The Morgan fingerprint density at radius 1 is 1.29 bits per heavy atom. The smallest absolute Gasteiger partial charge is 0.324 e. The molecule has 0 radical (unpaired) electrons. The molecule has 0 bridgehead atoms. The maximum atomic E-state index is 12.9. The summed E-state index contributed by atoms with van der Waals surface area (Å²) in [6, 6.07) is 5.36. The molecule has 0 aliphatic carbocycles. The molecule has 0 spiro atoms. The van der Waals surface area contributed by atoms with E-state index in [0.717, 1.165) is 0 Å². The van der Waals surface area contributed by atoms with Gasteiger partial charge in [-0.15, -0.1) is 0 Å². The van der Waals surface area contributed by atoms with Gasteiger partial charge < -0.3 is 10.0 Å². The Kier molecular flexibility index (Phi) is 4.45. The van der Waals surface area contributed by atoms with Crippen LogP contribution in [0.15, 0.2) is 24.3 Å². The van der Waals surface area contributed by atoms with Gasteiger partial charge in [0, 0.05) is 25.3 Å². The van der Waals surface area contributed by atoms with Crippen molar-refractivity contribution in [1.29, 1.82) is 0 Å². The summed E-state index contributed by atoms with van der Waals surface area (Å²) in [6.45, 7) is 2.12. The van der Waals surface area contributed by atoms with Crippen LogP contribution in [0.25, 0.3) is 0 Å². The SMILES string of the molecule is CC1CCC(C(=O)O)CN1C(=O)N(C)c1ccc(F)cc1. The zero-order valence-electron chi connectivity index (χ0n) is 12.1. The lowest BCUT2D eigenvalue weighted by Crippen LogP contribution is -2.51. The molecule has 1 fully saturated rings. The third-order valence-corrected chi connectivity index (χ3v) is 3.98. The van der Waals surface area contributed by atoms with E-state index < -0.39 is 11.9 Å². The summed E-state index contributed by atoms with van der Waals surface area (Å²) in [5.41, 5.74) is 0.575. The lowest BCUT2D eigenvalue weighted by atomic mass is 9.94. The summed E-state index contributed by atoms with van der Waals surface area (Å²) in [5.74, 6) is -1.76. The normalized spacial score (nSPS) is 22.0. The Balaban J connectivity index is 2.13. The molecule has 5 nitrogen and oxygen atoms in total. The maximum absolute atomic E-state index is 12.9. The topological polar surface area (TPSA) is 60.9 Å². The number of halogens is 1. The van der Waals surface area contributed by atoms with E-state index in [9.17, 15) is 14.0 Å². The molecular formula is C15H19FN2O3. The highest BCUT2D eigenvalue weighted by atomic mass is 19.1. The lowest BCUT2D eigenvalue weighted by molar-refractivity contribution is -0.143. The molecule has 1 aliphatic heterocycles. The number of rotatable bonds is 2. The first-order valence-corrected chi connectivity index (χ1v) is 6.93. The quantitative estimate of drug-likeness (QED) is 0.912. The second-order valence-corrected chi connectivity index (χ2v) is 5.43. The molecular weight excluding hydrogens is 275 g/mol. The second-order valence-electron chi connectivity index (χ2n) is 5.43. The van der Waals surface area contributed by atoms with Crippen molar-refractivity contribution in [2.24, 2.45) is 5.92 Å². The molecule has 0 saturated carbocycles. The van der Waals surface area contributed by atoms with E-state index in [-0.39, 0.29) is 24.4 Å². The van der Waals surface area contributed by atoms with Crippen LogP contribution in [0.2, 0.25) is 0 Å². The van der Waals surface area contributed by atoms with Crippen molar-refractivity contribution in [3.05, 3.63) is 30.1 Å². The van der Waals surface area contributed by atoms with Crippen LogP contribution in [0.5, 0.6) is 0 Å². The fraction of sp³-hybridized carbons (Fsp3) is 0.467. The first-order valence-electron chi connectivity index (χ1n) is 6.93. The molecule has 1 aliphatic rings. The van der Waals surface area contributed by atoms with E-state index in [2.05, 4.69) is 0 Å². The number of hydrogen-bond donors (Lipinski definition) is 1. The number of aliphatic carboxylic acids is 1. The minimum atomic E-state index is -0.871. The van der Waals surface area contributed by atoms with Crippen LogP contribution in [0.1, 0.15) is 19.8 Å². The van der Waals surface area contributed by atoms with Gasteiger partial charge in [0.15, 0.2) is 0 Å². The number of urea groups is 1. The monoisotopic (exact) mass is 294 g/mol. The average molecular weight is 294 g/mol. The van der Waals surface area contributed by atoms with Gasteiger partial charge in [0.1, 0.15) is 5.82 Å². The van der Waals surface area contributed by atoms with Crippen molar-refractivity contribution in [1.82, 2.24) is 4.90 Å². The third-order valence-electron chi connectivity index (χ3n) is 3.98. The number of nitrogens with zero attached hydrogens (tertiary/aromatic N) is 2. The van der Waals surface area contributed by atoms with Gasteiger partial charge in [0.05, 0.1) is 5.92 Å². The lowest BCUT2D eigenvalue weighted by Gasteiger charge is -2.38. The van der Waals surface area contributed by atoms with Crippen molar-refractivity contribution < 1.29 is 19.1 Å². The molecule has 1 N–H and O–H groups in total. The summed E-state index contributed by atoms with van der Waals surface area (Å²) < 4.78 is 12.9. The molecule has 1 saturated heterocycles. The largest absolute Gasteiger partial charge is 0.481 e. The van der Waals surface area contributed by atoms with E-state index >= 15 is 0 Å². The molecule has 2 atom stereocenters. The third kappa shape index (κ3) is 3.32. The Labute approximate surface area is 123 Å². The summed E-state index contributed by atoms with van der Waals surface area (Å²) in [7, 11) is 1.60. The number of carboxylic acids is 1. The number of likely N-dealkylation sites (tertiary alicyclic amines) is 1. The van der Waals surface area contributed by atoms with Crippen LogP contribution in [-0.2, 0) is 4.79 Å². The molecule has 114 valence electrons. The van der Waals surface area contributed by atoms with Crippen LogP contribution >= 0.6 is 0 Å². The highest BCUT2D eigenvalue weighted by Gasteiger charge is 2.34. The van der Waals surface area contributed by atoms with Crippen molar-refractivity contribution in [3.63, 3.8) is 0 Å². The zero-order valence-corrected chi connectivity index (χ0v) is 12.1. The second kappa shape index (κ2) is 6.11. The van der Waals surface area contributed by atoms with Crippen molar-refractivity contribution in [2.75, 3.05) is 18.5 Å². The number of anilines is 1. The highest BCUT2D eigenvalue weighted by molar-refractivity contribution is 5.92. The van der Waals surface area contributed by atoms with Crippen molar-refractivity contribution >= 4 is 17.7 Å². The standard InChI is InChI=1S/C15H19FN2O3/c1-10-3-4-11(14(19)20)9-18(10)15(21)17(2)13-7-5-12(16)6-8-13/h5-8,10-11H,3-4,9H2,1-2H3,(H,19,20). The summed E-state index contributed by atoms with van der Waals surface area (Å²) >= 11 is 0. The van der Waals surface area contributed by atoms with Gasteiger partial charge in [-0.1, -0.05) is 0 Å². The van der Waals surface area contributed by atoms with Gasteiger partial charge >= 0.3 is 12.0 Å². The minimum absolute atomic E-state index is 0.00371. The van der Waals surface area contributed by atoms with Crippen LogP contribution in [0, 0.1) is 11.7 Å². The number of carboxylic acid groups (broad SMARTS) is 1. The molecule has 1 aromatic rings. The number of amides is 2. The molecule has 2 unspecified atom stereocenters. The van der Waals surface area contributed by atoms with Gasteiger partial charge in [-0.3, -0.25) is 9.69 Å². The maximum Gasteiger partial charge on any atom is 0.324 e. The number of carbonyl (C=O) groups is 2. The van der Waals surface area contributed by atoms with Crippen LogP contribution in [0.4, 0.5) is 14.9 Å². The van der Waals surface area contributed by atoms with E-state index in [0.29, 0.717) is 18.5 Å². The van der Waals surface area contributed by atoms with E-state index in [1.807, 2.05) is 6.92 Å². The first kappa shape index (κ1) is 15.3. The Hall–Kier alpha value is -2.11. The number of piperidine rings is 1. The predicted octanol–water partition coefficient (Wildman–Crippen LogP) is 2.57. The minimum Gasteiger partial charge on any atom is -0.481 e. The number of benzene rings is 1. The molecule has 0 aromatic heterocycles. The average Bonchev–Trinajstić information content (AvgIpc) is 2.47. The summed E-state index contributed by atoms with van der Waals surface area (Å²) in [4.78, 5) is 26.6. The number of carbonyl (C=O) groups excluding carboxylic acids is 1. The van der Waals surface area contributed by atoms with Crippen molar-refractivity contribution in [2.45, 2.75) is 25.8 Å². The molecule has 1 heterocycles. The molecule has 2 amide bonds. The Morgan fingerprint density at radius 2 is 1.90 bits per heavy atom. The van der Waals surface area contributed by atoms with Gasteiger partial charge in [0.25, 0.3) is 0 Å². The highest BCUT2D eigenvalue weighted by Crippen LogP contribution is 2.24. The summed E-state index contributed by atoms with van der Waals surface area (Å²) in [6.07, 6.45) is 1.25. The zero-order chi connectivity index (χ0) is 15.6. The summed E-state index contributed by atoms with van der Waals surface area (Å²) in [5, 5.41) is 9.12. The van der Waals surface area contributed by atoms with Crippen LogP contribution < -0.4 is 4.90 Å². The van der Waals surface area contributed by atoms with E-state index in [1.165, 1.54) is 29.2 Å². The predicted molar refractivity (Wildman–Crippen MR) is 76.7 cm³/mol. The van der Waals surface area contributed by atoms with Gasteiger partial charge in [-0.25, -0.2) is 9.18 Å². The molecule has 1 aromatic carbocycles. The van der Waals surface area contributed by atoms with Crippen molar-refractivity contribution in [3.8, 4) is 0 Å². The number of hydrogen-bond acceptors (Lipinski definition) is 2. The fourth-order valence-electron chi connectivity index (χ4n) is 2.54. The first-order chi connectivity index (χ1) is 9.90.